The van der Waals surface area contributed by atoms with E-state index < -0.39 is 11.9 Å². The summed E-state index contributed by atoms with van der Waals surface area (Å²) < 4.78 is 0. The number of carboxylic acids is 1. The first-order valence-electron chi connectivity index (χ1n) is 9.35. The van der Waals surface area contributed by atoms with Crippen molar-refractivity contribution in [2.75, 3.05) is 10.6 Å². The second-order valence-corrected chi connectivity index (χ2v) is 8.40. The molecule has 1 atom stereocenters. The number of carbonyl (C=O) groups excluding carboxylic acids is 3. The summed E-state index contributed by atoms with van der Waals surface area (Å²) in [5.41, 5.74) is 3.27. The SMILES string of the molecule is Cc1ccc(NC(=O)c2c(NC(=O)CCC(=O)[O-])sc3c2CC[C@@H](C)C3)cc1. The molecule has 2 aromatic rings. The summed E-state index contributed by atoms with van der Waals surface area (Å²) in [6.07, 6.45) is 2.13. The van der Waals surface area contributed by atoms with Gasteiger partial charge in [-0.05, 0) is 56.2 Å². The minimum Gasteiger partial charge on any atom is -0.550 e. The van der Waals surface area contributed by atoms with Crippen LogP contribution in [0, 0.1) is 12.8 Å². The number of benzene rings is 1. The monoisotopic (exact) mass is 399 g/mol. The van der Waals surface area contributed by atoms with Crippen molar-refractivity contribution in [3.63, 3.8) is 0 Å². The lowest BCUT2D eigenvalue weighted by Crippen LogP contribution is -2.24. The van der Waals surface area contributed by atoms with Crippen molar-refractivity contribution in [2.24, 2.45) is 5.92 Å². The number of anilines is 2. The first-order valence-corrected chi connectivity index (χ1v) is 10.2. The molecule has 1 aliphatic carbocycles. The minimum absolute atomic E-state index is 0.180. The van der Waals surface area contributed by atoms with E-state index in [0.29, 0.717) is 22.2 Å². The molecule has 1 aromatic heterocycles. The molecule has 0 bridgehead atoms. The fraction of sp³-hybridized carbons (Fsp3) is 0.381. The van der Waals surface area contributed by atoms with Gasteiger partial charge in [0.25, 0.3) is 5.91 Å². The summed E-state index contributed by atoms with van der Waals surface area (Å²) in [4.78, 5) is 36.9. The van der Waals surface area contributed by atoms with E-state index in [0.717, 1.165) is 35.3 Å². The fourth-order valence-electron chi connectivity index (χ4n) is 3.31. The molecule has 3 rings (SSSR count). The van der Waals surface area contributed by atoms with Gasteiger partial charge in [0.2, 0.25) is 5.91 Å². The highest BCUT2D eigenvalue weighted by Gasteiger charge is 2.28. The molecule has 0 radical (unpaired) electrons. The van der Waals surface area contributed by atoms with Gasteiger partial charge >= 0.3 is 0 Å². The fourth-order valence-corrected chi connectivity index (χ4v) is 4.74. The van der Waals surface area contributed by atoms with Crippen LogP contribution in [0.25, 0.3) is 0 Å². The summed E-state index contributed by atoms with van der Waals surface area (Å²) in [7, 11) is 0. The van der Waals surface area contributed by atoms with Gasteiger partial charge in [0.15, 0.2) is 0 Å². The maximum atomic E-state index is 13.0. The van der Waals surface area contributed by atoms with Crippen molar-refractivity contribution < 1.29 is 19.5 Å². The largest absolute Gasteiger partial charge is 0.550 e. The van der Waals surface area contributed by atoms with Gasteiger partial charge < -0.3 is 20.5 Å². The molecule has 0 unspecified atom stereocenters. The molecule has 6 nitrogen and oxygen atoms in total. The van der Waals surface area contributed by atoms with Crippen LogP contribution in [0.4, 0.5) is 10.7 Å². The third-order valence-corrected chi connectivity index (χ3v) is 6.03. The van der Waals surface area contributed by atoms with Crippen molar-refractivity contribution in [3.05, 3.63) is 45.8 Å². The van der Waals surface area contributed by atoms with Gasteiger partial charge in [0.05, 0.1) is 5.56 Å². The van der Waals surface area contributed by atoms with Crippen LogP contribution in [0.2, 0.25) is 0 Å². The number of carbonyl (C=O) groups is 3. The number of aliphatic carboxylic acids is 1. The Labute approximate surface area is 168 Å². The highest BCUT2D eigenvalue weighted by molar-refractivity contribution is 7.17. The van der Waals surface area contributed by atoms with Crippen molar-refractivity contribution >= 4 is 39.8 Å². The van der Waals surface area contributed by atoms with Gasteiger partial charge in [-0.1, -0.05) is 24.6 Å². The summed E-state index contributed by atoms with van der Waals surface area (Å²) in [5.74, 6) is -1.43. The highest BCUT2D eigenvalue weighted by Crippen LogP contribution is 2.40. The molecule has 28 heavy (non-hydrogen) atoms. The van der Waals surface area contributed by atoms with E-state index in [1.807, 2.05) is 31.2 Å². The zero-order valence-corrected chi connectivity index (χ0v) is 16.8. The number of nitrogens with one attached hydrogen (secondary N) is 2. The maximum absolute atomic E-state index is 13.0. The Morgan fingerprint density at radius 1 is 1.14 bits per heavy atom. The Hall–Kier alpha value is -2.67. The van der Waals surface area contributed by atoms with Gasteiger partial charge in [-0.3, -0.25) is 9.59 Å². The number of amides is 2. The van der Waals surface area contributed by atoms with E-state index in [2.05, 4.69) is 17.6 Å². The molecule has 2 amide bonds. The Balaban J connectivity index is 1.86. The van der Waals surface area contributed by atoms with E-state index in [1.54, 1.807) is 0 Å². The second-order valence-electron chi connectivity index (χ2n) is 7.30. The molecule has 2 N–H and O–H groups in total. The van der Waals surface area contributed by atoms with Gasteiger partial charge in [0.1, 0.15) is 5.00 Å². The number of aryl methyl sites for hydroxylation is 1. The average Bonchev–Trinajstić information content (AvgIpc) is 2.98. The highest BCUT2D eigenvalue weighted by atomic mass is 32.1. The number of hydrogen-bond donors (Lipinski definition) is 2. The molecule has 1 heterocycles. The predicted molar refractivity (Wildman–Crippen MR) is 108 cm³/mol. The maximum Gasteiger partial charge on any atom is 0.258 e. The number of rotatable bonds is 6. The summed E-state index contributed by atoms with van der Waals surface area (Å²) in [6.45, 7) is 4.15. The van der Waals surface area contributed by atoms with Crippen LogP contribution < -0.4 is 15.7 Å². The van der Waals surface area contributed by atoms with Crippen LogP contribution >= 0.6 is 11.3 Å². The summed E-state index contributed by atoms with van der Waals surface area (Å²) in [5, 5.41) is 16.7. The Bertz CT molecular complexity index is 902. The minimum atomic E-state index is -1.27. The van der Waals surface area contributed by atoms with Crippen molar-refractivity contribution in [1.82, 2.24) is 0 Å². The zero-order valence-electron chi connectivity index (χ0n) is 16.0. The normalized spacial score (nSPS) is 15.6. The summed E-state index contributed by atoms with van der Waals surface area (Å²) in [6, 6.07) is 7.52. The van der Waals surface area contributed by atoms with Crippen LogP contribution in [0.5, 0.6) is 0 Å². The lowest BCUT2D eigenvalue weighted by atomic mass is 9.88. The quantitative estimate of drug-likeness (QED) is 0.780. The molecule has 0 aliphatic heterocycles. The third kappa shape index (κ3) is 4.78. The molecule has 1 aromatic carbocycles. The van der Waals surface area contributed by atoms with E-state index in [1.165, 1.54) is 11.3 Å². The number of hydrogen-bond acceptors (Lipinski definition) is 5. The second kappa shape index (κ2) is 8.56. The third-order valence-electron chi connectivity index (χ3n) is 4.86. The molecule has 0 fully saturated rings. The van der Waals surface area contributed by atoms with Crippen LogP contribution in [0.1, 0.15) is 52.5 Å². The molecule has 148 valence electrons. The van der Waals surface area contributed by atoms with Crippen molar-refractivity contribution in [3.8, 4) is 0 Å². The van der Waals surface area contributed by atoms with Crippen LogP contribution in [0.15, 0.2) is 24.3 Å². The van der Waals surface area contributed by atoms with Crippen molar-refractivity contribution in [2.45, 2.75) is 46.0 Å². The lowest BCUT2D eigenvalue weighted by Gasteiger charge is -2.18. The van der Waals surface area contributed by atoms with Gasteiger partial charge in [-0.2, -0.15) is 0 Å². The first kappa shape index (κ1) is 20.1. The Kier molecular flexibility index (Phi) is 6.14. The van der Waals surface area contributed by atoms with Crippen LogP contribution in [-0.2, 0) is 22.4 Å². The van der Waals surface area contributed by atoms with Crippen LogP contribution in [0.3, 0.4) is 0 Å². The molecular formula is C21H23N2O4S-. The van der Waals surface area contributed by atoms with Gasteiger partial charge in [0, 0.05) is 23.0 Å². The Morgan fingerprint density at radius 3 is 2.54 bits per heavy atom. The van der Waals surface area contributed by atoms with Gasteiger partial charge in [-0.15, -0.1) is 11.3 Å². The average molecular weight is 399 g/mol. The molecule has 0 spiro atoms. The molecule has 1 aliphatic rings. The topological polar surface area (TPSA) is 98.3 Å². The molecule has 0 saturated heterocycles. The van der Waals surface area contributed by atoms with E-state index in [9.17, 15) is 19.5 Å². The molecular weight excluding hydrogens is 376 g/mol. The lowest BCUT2D eigenvalue weighted by molar-refractivity contribution is -0.305. The number of carboxylic acid groups (broad SMARTS) is 1. The number of fused-ring (bicyclic) bond motifs is 1. The Morgan fingerprint density at radius 2 is 1.86 bits per heavy atom. The number of thiophene rings is 1. The smallest absolute Gasteiger partial charge is 0.258 e. The predicted octanol–water partition coefficient (Wildman–Crippen LogP) is 2.90. The zero-order chi connectivity index (χ0) is 20.3. The van der Waals surface area contributed by atoms with Crippen LogP contribution in [-0.4, -0.2) is 17.8 Å². The van der Waals surface area contributed by atoms with E-state index in [4.69, 9.17) is 0 Å². The first-order chi connectivity index (χ1) is 13.3. The molecule has 0 saturated carbocycles. The van der Waals surface area contributed by atoms with E-state index >= 15 is 0 Å². The van der Waals surface area contributed by atoms with Gasteiger partial charge in [-0.25, -0.2) is 0 Å². The standard InChI is InChI=1S/C21H24N2O4S/c1-12-3-6-14(7-4-12)22-20(27)19-15-8-5-13(2)11-16(15)28-21(19)23-17(24)9-10-18(25)26/h3-4,6-7,13H,5,8-11H2,1-2H3,(H,22,27)(H,23,24)(H,25,26)/p-1/t13-/m1/s1. The summed E-state index contributed by atoms with van der Waals surface area (Å²) >= 11 is 1.41. The van der Waals surface area contributed by atoms with Crippen molar-refractivity contribution in [1.29, 1.82) is 0 Å². The van der Waals surface area contributed by atoms with E-state index in [-0.39, 0.29) is 18.7 Å². The molecule has 7 heteroatoms.